The van der Waals surface area contributed by atoms with Gasteiger partial charge in [0, 0.05) is 55.1 Å². The van der Waals surface area contributed by atoms with Crippen LogP contribution in [0.2, 0.25) is 0 Å². The van der Waals surface area contributed by atoms with Gasteiger partial charge in [-0.2, -0.15) is 15.7 Å². The van der Waals surface area contributed by atoms with Crippen molar-refractivity contribution in [3.05, 3.63) is 120 Å². The van der Waals surface area contributed by atoms with Gasteiger partial charge in [-0.15, -0.1) is 0 Å². The van der Waals surface area contributed by atoms with Crippen LogP contribution in [0, 0.1) is 5.53 Å². The maximum atomic E-state index is 11.6. The molecule has 364 valence electrons. The third-order valence-electron chi connectivity index (χ3n) is 8.39. The Hall–Kier alpha value is -6.26. The number of carbonyl (C=O) groups is 2. The molecule has 25 nitrogen and oxygen atoms in total. The number of hydrogen-bond donors (Lipinski definition) is 2. The van der Waals surface area contributed by atoms with E-state index in [0.29, 0.717) is 42.4 Å². The summed E-state index contributed by atoms with van der Waals surface area (Å²) in [6.45, 7) is 8.76. The number of halogens is 4. The molecule has 0 atom stereocenters. The molecule has 4 heterocycles. The van der Waals surface area contributed by atoms with Crippen LogP contribution < -0.4 is 27.5 Å². The van der Waals surface area contributed by atoms with Crippen molar-refractivity contribution in [2.75, 3.05) is 13.9 Å². The quantitative estimate of drug-likeness (QED) is 0.0238. The van der Waals surface area contributed by atoms with Crippen LogP contribution in [0.15, 0.2) is 154 Å². The van der Waals surface area contributed by atoms with Gasteiger partial charge in [-0.25, -0.2) is 0 Å². The average molecular weight is 1300 g/mol. The number of phenols is 1. The number of ether oxygens (including phenoxy) is 4. The van der Waals surface area contributed by atoms with E-state index in [-0.39, 0.29) is 43.4 Å². The Bertz CT molecular complexity index is 2670. The van der Waals surface area contributed by atoms with Gasteiger partial charge in [0.1, 0.15) is 36.2 Å². The van der Waals surface area contributed by atoms with E-state index in [1.54, 1.807) is 55.1 Å². The van der Waals surface area contributed by atoms with Crippen LogP contribution in [0.25, 0.3) is 22.8 Å². The Morgan fingerprint density at radius 3 is 1.52 bits per heavy atom. The van der Waals surface area contributed by atoms with Gasteiger partial charge in [-0.1, -0.05) is 28.9 Å². The van der Waals surface area contributed by atoms with Crippen molar-refractivity contribution < 1.29 is 46.9 Å². The largest absolute Gasteiger partial charge is 0.183 e. The van der Waals surface area contributed by atoms with Gasteiger partial charge in [-0.3, -0.25) is 28.9 Å². The van der Waals surface area contributed by atoms with Crippen LogP contribution in [-0.2, 0) is 18.0 Å². The molecule has 0 bridgehead atoms. The van der Waals surface area contributed by atoms with Crippen LogP contribution in [0.5, 0.6) is 23.0 Å². The molecule has 0 spiro atoms. The zero-order valence-corrected chi connectivity index (χ0v) is 44.4. The van der Waals surface area contributed by atoms with E-state index in [1.165, 1.54) is 13.2 Å². The van der Waals surface area contributed by atoms with Gasteiger partial charge in [-0.05, 0) is 128 Å². The van der Waals surface area contributed by atoms with E-state index in [1.807, 2.05) is 45.8 Å². The molecule has 0 aliphatic rings. The maximum Gasteiger partial charge on any atom is 0.0622 e. The fourth-order valence-corrected chi connectivity index (χ4v) is 5.69. The smallest absolute Gasteiger partial charge is 0.0622 e. The second-order valence-electron chi connectivity index (χ2n) is 13.3. The van der Waals surface area contributed by atoms with Crippen LogP contribution in [0.3, 0.4) is 0 Å². The summed E-state index contributed by atoms with van der Waals surface area (Å²) in [6.07, 6.45) is 8.28. The number of rotatable bonds is 20. The standard InChI is InChI=1S/C21H23N3O4.C19H19N3O3.ClHN12.I3/c1-15(2)24-18(9-11-23-24)21-16(6-5-10-22-21)13-27-19-7-4-8-20(17(19)12-25)28-14-26-3;1-13(2)22-16(8-10-21-22)19-14(5-4-9-20-19)12-25-18-7-3-6-17(24)15(18)11-23;1-3-5-7-9-11-13-12-10-8-6-4-2;1-3-2/h4-12,15H,13-14H2,1-3H3;3-11,13,24H,12H2,1-2H3;2H;/q;;;-1/b;;4-2?,5-3?,8-6+,9-7+,12-10+,13-11+;. The molecule has 6 aromatic rings. The summed E-state index contributed by atoms with van der Waals surface area (Å²) in [5, 5.41) is 47.0. The molecule has 0 aliphatic heterocycles. The number of aromatic nitrogens is 6. The summed E-state index contributed by atoms with van der Waals surface area (Å²) >= 11 is 10.0. The Labute approximate surface area is 429 Å². The number of phenolic OH excluding ortho intramolecular Hbond substituents is 1. The SMILES string of the molecule is CC(C)n1nccc1-c1ncccc1COc1cccc(O)c1C=O.COCOc1cccc(OCc2cccnc2-c2ccnn2C(C)C)c1C=O.I[I-]I.N=N/N=N/N=N/N=N/N=N/N=NCl. The molecular formula is C40H43ClI3N18O7-. The van der Waals surface area contributed by atoms with Gasteiger partial charge in [0.2, 0.25) is 0 Å². The summed E-state index contributed by atoms with van der Waals surface area (Å²) in [4.78, 5) is 31.7. The first kappa shape index (κ1) is 57.1. The fourth-order valence-electron chi connectivity index (χ4n) is 5.66. The third kappa shape index (κ3) is 19.0. The summed E-state index contributed by atoms with van der Waals surface area (Å²) in [6, 6.07) is 21.8. The molecule has 0 aliphatic carbocycles. The first-order valence-corrected chi connectivity index (χ1v) is 32.5. The van der Waals surface area contributed by atoms with Gasteiger partial charge < -0.3 is 24.1 Å². The first-order chi connectivity index (χ1) is 33.6. The van der Waals surface area contributed by atoms with E-state index in [9.17, 15) is 14.7 Å². The van der Waals surface area contributed by atoms with E-state index >= 15 is 0 Å². The van der Waals surface area contributed by atoms with Gasteiger partial charge >= 0.3 is 50.5 Å². The Balaban J connectivity index is 0.000000282. The summed E-state index contributed by atoms with van der Waals surface area (Å²) in [5.74, 6) is 1.09. The number of nitrogens with zero attached hydrogens (tertiary/aromatic N) is 17. The number of methoxy groups -OCH3 is 1. The number of aromatic hydroxyl groups is 1. The molecule has 6 rings (SSSR count). The fraction of sp³-hybridized carbons (Fsp3) is 0.250. The second-order valence-corrected chi connectivity index (χ2v) is 29.7. The van der Waals surface area contributed by atoms with Crippen molar-refractivity contribution in [1.29, 1.82) is 5.53 Å². The number of hydrogen-bond acceptors (Lipinski definition) is 13. The number of carbonyl (C=O) groups excluding carboxylic acids is 2. The van der Waals surface area contributed by atoms with E-state index in [0.717, 1.165) is 40.2 Å². The number of benzene rings is 2. The maximum absolute atomic E-state index is 11.6. The molecule has 0 fully saturated rings. The van der Waals surface area contributed by atoms with Crippen molar-refractivity contribution in [3.8, 4) is 45.8 Å². The molecular weight excluding hydrogens is 1260 g/mol. The van der Waals surface area contributed by atoms with Crippen molar-refractivity contribution in [2.45, 2.75) is 53.0 Å². The van der Waals surface area contributed by atoms with Crippen LogP contribution in [-0.4, -0.2) is 61.1 Å². The molecule has 29 heteroatoms. The minimum atomic E-state index is -0.100. The average Bonchev–Trinajstić information content (AvgIpc) is 4.07. The van der Waals surface area contributed by atoms with Crippen LogP contribution in [0.4, 0.5) is 0 Å². The monoisotopic (exact) mass is 1300 g/mol. The zero-order chi connectivity index (χ0) is 50.2. The molecule has 0 unspecified atom stereocenters. The molecule has 0 saturated heterocycles. The van der Waals surface area contributed by atoms with Crippen LogP contribution in [0.1, 0.15) is 71.6 Å². The molecule has 2 aromatic carbocycles. The third-order valence-corrected chi connectivity index (χ3v) is 8.46. The van der Waals surface area contributed by atoms with Gasteiger partial charge in [0.15, 0.2) is 19.4 Å². The first-order valence-electron chi connectivity index (χ1n) is 19.6. The number of pyridine rings is 2. The molecule has 69 heavy (non-hydrogen) atoms. The summed E-state index contributed by atoms with van der Waals surface area (Å²) in [7, 11) is 1.52. The zero-order valence-electron chi connectivity index (χ0n) is 37.2. The van der Waals surface area contributed by atoms with Crippen molar-refractivity contribution in [2.24, 2.45) is 56.9 Å². The predicted molar refractivity (Wildman–Crippen MR) is 261 cm³/mol. The number of aldehydes is 2. The topological polar surface area (TPSA) is 313 Å². The minimum absolute atomic E-state index is 0.0518. The Morgan fingerprint density at radius 2 is 1.09 bits per heavy atom. The Morgan fingerprint density at radius 1 is 0.652 bits per heavy atom. The van der Waals surface area contributed by atoms with Gasteiger partial charge in [0.25, 0.3) is 0 Å². The predicted octanol–water partition coefficient (Wildman–Crippen LogP) is 9.31. The number of nitrogens with one attached hydrogen (secondary N) is 1. The van der Waals surface area contributed by atoms with Crippen LogP contribution >= 0.6 is 49.0 Å². The van der Waals surface area contributed by atoms with Crippen molar-refractivity contribution in [3.63, 3.8) is 0 Å². The normalized spacial score (nSPS) is 11.2. The molecule has 4 aromatic heterocycles. The Kier molecular flexibility index (Phi) is 27.5. The van der Waals surface area contributed by atoms with Gasteiger partial charge in [0.05, 0.1) is 45.7 Å². The minimum Gasteiger partial charge on any atom is -0.183 e. The molecule has 0 amide bonds. The van der Waals surface area contributed by atoms with E-state index in [4.69, 9.17) is 36.3 Å². The molecule has 0 saturated carbocycles. The van der Waals surface area contributed by atoms with E-state index in [2.05, 4.69) is 142 Å². The summed E-state index contributed by atoms with van der Waals surface area (Å²) < 4.78 is 28.6. The van der Waals surface area contributed by atoms with Crippen molar-refractivity contribution in [1.82, 2.24) is 29.5 Å². The molecule has 2 N–H and O–H groups in total. The van der Waals surface area contributed by atoms with Crippen molar-refractivity contribution >= 4 is 61.6 Å². The molecule has 0 radical (unpaired) electrons. The van der Waals surface area contributed by atoms with E-state index < -0.39 is 0 Å². The second kappa shape index (κ2) is 33.3. The summed E-state index contributed by atoms with van der Waals surface area (Å²) in [5.41, 5.74) is 11.8.